The molecule has 11 heteroatoms. The van der Waals surface area contributed by atoms with Crippen molar-refractivity contribution in [2.75, 3.05) is 51.3 Å². The van der Waals surface area contributed by atoms with Crippen molar-refractivity contribution >= 4 is 41.4 Å². The van der Waals surface area contributed by atoms with Crippen LogP contribution < -0.4 is 9.64 Å². The van der Waals surface area contributed by atoms with Crippen molar-refractivity contribution in [2.24, 2.45) is 0 Å². The number of piperazine rings is 1. The van der Waals surface area contributed by atoms with Gasteiger partial charge in [0.15, 0.2) is 0 Å². The largest absolute Gasteiger partial charge is 0.497 e. The fourth-order valence-corrected chi connectivity index (χ4v) is 2.87. The Bertz CT molecular complexity index is 710. The lowest BCUT2D eigenvalue weighted by Gasteiger charge is -2.36. The molecule has 2 aromatic rings. The van der Waals surface area contributed by atoms with Crippen molar-refractivity contribution in [3.05, 3.63) is 40.6 Å². The molecule has 1 aliphatic heterocycles. The molecule has 0 radical (unpaired) electrons. The fourth-order valence-electron chi connectivity index (χ4n) is 2.87. The molecule has 0 bridgehead atoms. The highest BCUT2D eigenvalue weighted by molar-refractivity contribution is 5.92. The zero-order valence-corrected chi connectivity index (χ0v) is 16.5. The summed E-state index contributed by atoms with van der Waals surface area (Å²) >= 11 is 0. The van der Waals surface area contributed by atoms with Crippen LogP contribution in [0.4, 0.5) is 5.69 Å². The number of hydrogen-bond donors (Lipinski definition) is 2. The molecule has 1 saturated heterocycles. The summed E-state index contributed by atoms with van der Waals surface area (Å²) in [5.74, 6) is 0.857. The van der Waals surface area contributed by atoms with Gasteiger partial charge in [0.25, 0.3) is 5.09 Å². The molecule has 9 nitrogen and oxygen atoms in total. The van der Waals surface area contributed by atoms with Gasteiger partial charge in [-0.2, -0.15) is 0 Å². The van der Waals surface area contributed by atoms with Gasteiger partial charge in [-0.25, -0.2) is 0 Å². The van der Waals surface area contributed by atoms with Gasteiger partial charge in [0.05, 0.1) is 19.2 Å². The lowest BCUT2D eigenvalue weighted by molar-refractivity contribution is -0.742. The van der Waals surface area contributed by atoms with E-state index < -0.39 is 5.09 Å². The zero-order valence-electron chi connectivity index (χ0n) is 14.9. The molecule has 3 rings (SSSR count). The Morgan fingerprint density at radius 1 is 1.22 bits per heavy atom. The molecular weight excluding hydrogens is 399 g/mol. The number of rotatable bonds is 4. The number of halogens is 2. The van der Waals surface area contributed by atoms with E-state index in [1.165, 1.54) is 5.69 Å². The van der Waals surface area contributed by atoms with Gasteiger partial charge in [0.1, 0.15) is 5.75 Å². The first kappa shape index (κ1) is 24.9. The topological polar surface area (TPSA) is 112 Å². The van der Waals surface area contributed by atoms with Crippen LogP contribution in [0.2, 0.25) is 0 Å². The van der Waals surface area contributed by atoms with Gasteiger partial charge < -0.3 is 20.0 Å². The second kappa shape index (κ2) is 12.3. The Hall–Kier alpha value is -2.07. The normalized spacial score (nSPS) is 13.6. The summed E-state index contributed by atoms with van der Waals surface area (Å²) < 4.78 is 5.33. The molecule has 0 atom stereocenters. The van der Waals surface area contributed by atoms with E-state index in [4.69, 9.17) is 25.2 Å². The van der Waals surface area contributed by atoms with Gasteiger partial charge in [0.2, 0.25) is 0 Å². The van der Waals surface area contributed by atoms with Crippen molar-refractivity contribution in [1.82, 2.24) is 9.88 Å². The van der Waals surface area contributed by atoms with Crippen LogP contribution in [0, 0.1) is 10.1 Å². The van der Waals surface area contributed by atoms with E-state index >= 15 is 0 Å². The maximum Gasteiger partial charge on any atom is 0.291 e. The van der Waals surface area contributed by atoms with Crippen LogP contribution in [0.25, 0.3) is 10.9 Å². The quantitative estimate of drug-likeness (QED) is 0.566. The highest BCUT2D eigenvalue weighted by Crippen LogP contribution is 2.29. The standard InChI is InChI=1S/C16H21N3O2.2ClH.HNO3/c1-21-13-2-3-15-14(12-13)16(4-5-17-15)19-8-6-18(7-9-19)10-11-20;;;2-1(3)4/h2-5,12,20H,6-11H2,1H3;2*1H;(H,2,3,4). The van der Waals surface area contributed by atoms with Crippen LogP contribution in [0.1, 0.15) is 0 Å². The minimum Gasteiger partial charge on any atom is -0.497 e. The first-order chi connectivity index (χ1) is 12.0. The predicted molar refractivity (Wildman–Crippen MR) is 107 cm³/mol. The van der Waals surface area contributed by atoms with Crippen LogP contribution in [0.15, 0.2) is 30.5 Å². The smallest absolute Gasteiger partial charge is 0.291 e. The second-order valence-electron chi connectivity index (χ2n) is 5.50. The maximum absolute atomic E-state index is 9.02. The number of methoxy groups -OCH3 is 1. The Labute approximate surface area is 169 Å². The lowest BCUT2D eigenvalue weighted by atomic mass is 10.1. The molecule has 1 fully saturated rings. The van der Waals surface area contributed by atoms with Gasteiger partial charge in [-0.15, -0.1) is 34.9 Å². The summed E-state index contributed by atoms with van der Waals surface area (Å²) in [6.45, 7) is 4.89. The molecule has 0 saturated carbocycles. The molecule has 1 aromatic heterocycles. The highest BCUT2D eigenvalue weighted by atomic mass is 35.5. The highest BCUT2D eigenvalue weighted by Gasteiger charge is 2.18. The van der Waals surface area contributed by atoms with Crippen molar-refractivity contribution < 1.29 is 20.1 Å². The molecular formula is C16H24Cl2N4O5. The SMILES string of the molecule is COc1ccc2nccc(N3CCN(CCO)CC3)c2c1.Cl.Cl.O=[N+]([O-])O. The Morgan fingerprint density at radius 2 is 1.85 bits per heavy atom. The minimum absolute atomic E-state index is 0. The molecule has 0 unspecified atom stereocenters. The summed E-state index contributed by atoms with van der Waals surface area (Å²) in [5, 5.41) is 23.8. The van der Waals surface area contributed by atoms with Crippen LogP contribution in [0.3, 0.4) is 0 Å². The van der Waals surface area contributed by atoms with E-state index in [-0.39, 0.29) is 31.4 Å². The summed E-state index contributed by atoms with van der Waals surface area (Å²) in [6.07, 6.45) is 1.87. The van der Waals surface area contributed by atoms with Crippen LogP contribution in [0.5, 0.6) is 5.75 Å². The summed E-state index contributed by atoms with van der Waals surface area (Å²) in [5.41, 5.74) is 2.20. The number of fused-ring (bicyclic) bond motifs is 1. The second-order valence-corrected chi connectivity index (χ2v) is 5.50. The van der Waals surface area contributed by atoms with E-state index in [1.807, 2.05) is 18.3 Å². The molecule has 27 heavy (non-hydrogen) atoms. The molecule has 1 aromatic carbocycles. The first-order valence-electron chi connectivity index (χ1n) is 7.89. The van der Waals surface area contributed by atoms with E-state index in [0.29, 0.717) is 0 Å². The summed E-state index contributed by atoms with van der Waals surface area (Å²) in [4.78, 5) is 17.5. The third-order valence-corrected chi connectivity index (χ3v) is 4.05. The molecule has 0 spiro atoms. The molecule has 1 aliphatic rings. The van der Waals surface area contributed by atoms with Crippen LogP contribution in [-0.4, -0.2) is 71.7 Å². The van der Waals surface area contributed by atoms with Gasteiger partial charge in [-0.3, -0.25) is 9.88 Å². The van der Waals surface area contributed by atoms with Gasteiger partial charge in [-0.05, 0) is 24.3 Å². The molecule has 152 valence electrons. The monoisotopic (exact) mass is 422 g/mol. The number of nitrogens with zero attached hydrogens (tertiary/aromatic N) is 4. The number of aliphatic hydroxyl groups excluding tert-OH is 1. The van der Waals surface area contributed by atoms with E-state index in [0.717, 1.165) is 49.4 Å². The molecule has 2 heterocycles. The van der Waals surface area contributed by atoms with Crippen molar-refractivity contribution in [1.29, 1.82) is 0 Å². The van der Waals surface area contributed by atoms with Gasteiger partial charge in [0, 0.05) is 50.0 Å². The van der Waals surface area contributed by atoms with Crippen LogP contribution >= 0.6 is 24.8 Å². The van der Waals surface area contributed by atoms with Gasteiger partial charge in [-0.1, -0.05) is 0 Å². The summed E-state index contributed by atoms with van der Waals surface area (Å²) in [6, 6.07) is 8.07. The average Bonchev–Trinajstić information content (AvgIpc) is 2.61. The zero-order chi connectivity index (χ0) is 18.2. The molecule has 0 aliphatic carbocycles. The number of aromatic nitrogens is 1. The Morgan fingerprint density at radius 3 is 2.41 bits per heavy atom. The number of ether oxygens (including phenoxy) is 1. The van der Waals surface area contributed by atoms with Crippen LogP contribution in [-0.2, 0) is 0 Å². The summed E-state index contributed by atoms with van der Waals surface area (Å²) in [7, 11) is 1.69. The average molecular weight is 423 g/mol. The number of pyridine rings is 1. The lowest BCUT2D eigenvalue weighted by Crippen LogP contribution is -2.47. The van der Waals surface area contributed by atoms with E-state index in [1.54, 1.807) is 7.11 Å². The maximum atomic E-state index is 9.02. The number of aliphatic hydroxyl groups is 1. The van der Waals surface area contributed by atoms with E-state index in [9.17, 15) is 0 Å². The van der Waals surface area contributed by atoms with Crippen molar-refractivity contribution in [3.8, 4) is 5.75 Å². The third-order valence-electron chi connectivity index (χ3n) is 4.05. The van der Waals surface area contributed by atoms with Crippen molar-refractivity contribution in [2.45, 2.75) is 0 Å². The van der Waals surface area contributed by atoms with E-state index in [2.05, 4.69) is 26.9 Å². The number of hydrogen-bond acceptors (Lipinski definition) is 7. The fraction of sp³-hybridized carbons (Fsp3) is 0.438. The third kappa shape index (κ3) is 7.22. The van der Waals surface area contributed by atoms with Gasteiger partial charge >= 0.3 is 0 Å². The predicted octanol–water partition coefficient (Wildman–Crippen LogP) is 1.85. The molecule has 0 amide bonds. The number of benzene rings is 1. The Balaban J connectivity index is 0.00000103. The Kier molecular flexibility index (Phi) is 11.4. The first-order valence-corrected chi connectivity index (χ1v) is 7.89. The molecule has 2 N–H and O–H groups in total. The number of β-amino-alcohol motifs (C(OH)–C–C–N with tert-alkyl or cyclic N) is 1. The number of anilines is 1. The minimum atomic E-state index is -1.50. The van der Waals surface area contributed by atoms with Crippen molar-refractivity contribution in [3.63, 3.8) is 0 Å².